The van der Waals surface area contributed by atoms with Gasteiger partial charge in [0.2, 0.25) is 0 Å². The molecule has 1 aliphatic rings. The molecule has 0 aromatic carbocycles. The number of nitrogens with zero attached hydrogens (tertiary/aromatic N) is 1. The summed E-state index contributed by atoms with van der Waals surface area (Å²) in [6.07, 6.45) is 4.52. The number of nitrogens with one attached hydrogen (secondary N) is 2. The van der Waals surface area contributed by atoms with Crippen LogP contribution in [0.5, 0.6) is 0 Å². The van der Waals surface area contributed by atoms with Gasteiger partial charge in [-0.2, -0.15) is 0 Å². The second-order valence-electron chi connectivity index (χ2n) is 4.81. The SMILES string of the molecule is O=C(NCc1ccno1)NCC1(C(=O)O)CCCC1. The smallest absolute Gasteiger partial charge is 0.315 e. The van der Waals surface area contributed by atoms with Crippen LogP contribution in [0.2, 0.25) is 0 Å². The summed E-state index contributed by atoms with van der Waals surface area (Å²) in [5.41, 5.74) is -0.802. The summed E-state index contributed by atoms with van der Waals surface area (Å²) in [6, 6.07) is 1.25. The fraction of sp³-hybridized carbons (Fsp3) is 0.583. The third-order valence-corrected chi connectivity index (χ3v) is 3.52. The van der Waals surface area contributed by atoms with Gasteiger partial charge in [0, 0.05) is 12.6 Å². The molecule has 1 heterocycles. The molecule has 104 valence electrons. The molecular weight excluding hydrogens is 250 g/mol. The zero-order valence-electron chi connectivity index (χ0n) is 10.5. The normalized spacial score (nSPS) is 17.1. The van der Waals surface area contributed by atoms with Gasteiger partial charge in [0.05, 0.1) is 18.2 Å². The van der Waals surface area contributed by atoms with Crippen molar-refractivity contribution in [1.82, 2.24) is 15.8 Å². The van der Waals surface area contributed by atoms with Crippen molar-refractivity contribution >= 4 is 12.0 Å². The van der Waals surface area contributed by atoms with Gasteiger partial charge in [0.1, 0.15) is 0 Å². The minimum atomic E-state index is -0.833. The first-order chi connectivity index (χ1) is 9.12. The second kappa shape index (κ2) is 5.73. The summed E-state index contributed by atoms with van der Waals surface area (Å²) < 4.78 is 4.83. The topological polar surface area (TPSA) is 104 Å². The van der Waals surface area contributed by atoms with Gasteiger partial charge < -0.3 is 20.3 Å². The highest BCUT2D eigenvalue weighted by Crippen LogP contribution is 2.37. The maximum atomic E-state index is 11.6. The fourth-order valence-electron chi connectivity index (χ4n) is 2.33. The average Bonchev–Trinajstić information content (AvgIpc) is 3.05. The number of carbonyl (C=O) groups excluding carboxylic acids is 1. The summed E-state index contributed by atoms with van der Waals surface area (Å²) in [7, 11) is 0. The molecule has 0 saturated heterocycles. The number of urea groups is 1. The van der Waals surface area contributed by atoms with E-state index in [0.717, 1.165) is 12.8 Å². The van der Waals surface area contributed by atoms with Gasteiger partial charge in [-0.3, -0.25) is 4.79 Å². The number of carboxylic acid groups (broad SMARTS) is 1. The lowest BCUT2D eigenvalue weighted by Gasteiger charge is -2.23. The molecule has 1 aromatic rings. The number of hydrogen-bond donors (Lipinski definition) is 3. The van der Waals surface area contributed by atoms with Crippen molar-refractivity contribution in [3.05, 3.63) is 18.0 Å². The molecule has 7 heteroatoms. The number of aromatic nitrogens is 1. The molecule has 0 radical (unpaired) electrons. The predicted molar refractivity (Wildman–Crippen MR) is 65.3 cm³/mol. The van der Waals surface area contributed by atoms with E-state index in [0.29, 0.717) is 18.6 Å². The molecule has 2 rings (SSSR count). The molecule has 19 heavy (non-hydrogen) atoms. The van der Waals surface area contributed by atoms with Gasteiger partial charge in [0.25, 0.3) is 0 Å². The minimum absolute atomic E-state index is 0.157. The first-order valence-electron chi connectivity index (χ1n) is 6.27. The van der Waals surface area contributed by atoms with Crippen LogP contribution in [0.15, 0.2) is 16.8 Å². The van der Waals surface area contributed by atoms with Gasteiger partial charge in [-0.25, -0.2) is 4.79 Å². The maximum Gasteiger partial charge on any atom is 0.315 e. The molecule has 1 aliphatic carbocycles. The van der Waals surface area contributed by atoms with E-state index in [-0.39, 0.29) is 13.1 Å². The molecule has 7 nitrogen and oxygen atoms in total. The van der Waals surface area contributed by atoms with Gasteiger partial charge in [-0.05, 0) is 12.8 Å². The lowest BCUT2D eigenvalue weighted by Crippen LogP contribution is -2.44. The summed E-state index contributed by atoms with van der Waals surface area (Å²) in [4.78, 5) is 22.9. The van der Waals surface area contributed by atoms with E-state index in [1.807, 2.05) is 0 Å². The lowest BCUT2D eigenvalue weighted by molar-refractivity contribution is -0.148. The molecule has 3 N–H and O–H groups in total. The molecule has 2 amide bonds. The van der Waals surface area contributed by atoms with Crippen LogP contribution >= 0.6 is 0 Å². The van der Waals surface area contributed by atoms with Crippen molar-refractivity contribution < 1.29 is 19.2 Å². The Morgan fingerprint density at radius 2 is 2.11 bits per heavy atom. The van der Waals surface area contributed by atoms with Crippen LogP contribution in [0, 0.1) is 5.41 Å². The van der Waals surface area contributed by atoms with Crippen molar-refractivity contribution in [2.75, 3.05) is 6.54 Å². The van der Waals surface area contributed by atoms with Crippen molar-refractivity contribution in [1.29, 1.82) is 0 Å². The molecule has 0 atom stereocenters. The molecule has 0 bridgehead atoms. The summed E-state index contributed by atoms with van der Waals surface area (Å²) >= 11 is 0. The third-order valence-electron chi connectivity index (χ3n) is 3.52. The summed E-state index contributed by atoms with van der Waals surface area (Å²) in [6.45, 7) is 0.385. The van der Waals surface area contributed by atoms with Crippen LogP contribution < -0.4 is 10.6 Å². The van der Waals surface area contributed by atoms with E-state index >= 15 is 0 Å². The van der Waals surface area contributed by atoms with Gasteiger partial charge in [0.15, 0.2) is 5.76 Å². The number of rotatable bonds is 5. The lowest BCUT2D eigenvalue weighted by atomic mass is 9.86. The first-order valence-corrected chi connectivity index (χ1v) is 6.27. The first kappa shape index (κ1) is 13.4. The monoisotopic (exact) mass is 267 g/mol. The molecular formula is C12H17N3O4. The van der Waals surface area contributed by atoms with Crippen molar-refractivity contribution in [2.45, 2.75) is 32.2 Å². The van der Waals surface area contributed by atoms with Crippen LogP contribution in [-0.2, 0) is 11.3 Å². The van der Waals surface area contributed by atoms with E-state index in [9.17, 15) is 14.7 Å². The van der Waals surface area contributed by atoms with E-state index in [1.54, 1.807) is 6.07 Å². The Morgan fingerprint density at radius 3 is 2.68 bits per heavy atom. The van der Waals surface area contributed by atoms with Crippen molar-refractivity contribution in [2.24, 2.45) is 5.41 Å². The molecule has 1 saturated carbocycles. The number of carboxylic acids is 1. The molecule has 1 fully saturated rings. The van der Waals surface area contributed by atoms with Crippen molar-refractivity contribution in [3.63, 3.8) is 0 Å². The van der Waals surface area contributed by atoms with Crippen molar-refractivity contribution in [3.8, 4) is 0 Å². The van der Waals surface area contributed by atoms with E-state index in [1.165, 1.54) is 6.20 Å². The predicted octanol–water partition coefficient (Wildman–Crippen LogP) is 1.12. The largest absolute Gasteiger partial charge is 0.481 e. The maximum absolute atomic E-state index is 11.6. The van der Waals surface area contributed by atoms with E-state index in [4.69, 9.17) is 4.52 Å². The third kappa shape index (κ3) is 3.24. The molecule has 0 spiro atoms. The van der Waals surface area contributed by atoms with Crippen LogP contribution in [0.3, 0.4) is 0 Å². The number of amides is 2. The zero-order valence-corrected chi connectivity index (χ0v) is 10.5. The summed E-state index contributed by atoms with van der Waals surface area (Å²) in [5, 5.41) is 18.0. The average molecular weight is 267 g/mol. The van der Waals surface area contributed by atoms with Crippen LogP contribution in [0.1, 0.15) is 31.4 Å². The van der Waals surface area contributed by atoms with Gasteiger partial charge in [-0.1, -0.05) is 18.0 Å². The fourth-order valence-corrected chi connectivity index (χ4v) is 2.33. The Morgan fingerprint density at radius 1 is 1.37 bits per heavy atom. The number of aliphatic carboxylic acids is 1. The molecule has 0 aliphatic heterocycles. The van der Waals surface area contributed by atoms with Gasteiger partial charge >= 0.3 is 12.0 Å². The highest BCUT2D eigenvalue weighted by Gasteiger charge is 2.41. The Kier molecular flexibility index (Phi) is 4.03. The standard InChI is InChI=1S/C12H17N3O4/c16-10(17)12(4-1-2-5-12)8-14-11(18)13-7-9-3-6-15-19-9/h3,6H,1-2,4-5,7-8H2,(H,16,17)(H2,13,14,18). The quantitative estimate of drug-likeness (QED) is 0.741. The Balaban J connectivity index is 1.77. The number of hydrogen-bond acceptors (Lipinski definition) is 4. The van der Waals surface area contributed by atoms with E-state index in [2.05, 4.69) is 15.8 Å². The molecule has 0 unspecified atom stereocenters. The zero-order chi connectivity index (χ0) is 13.7. The van der Waals surface area contributed by atoms with Crippen LogP contribution in [0.25, 0.3) is 0 Å². The van der Waals surface area contributed by atoms with E-state index < -0.39 is 17.4 Å². The van der Waals surface area contributed by atoms with Crippen LogP contribution in [0.4, 0.5) is 4.79 Å². The summed E-state index contributed by atoms with van der Waals surface area (Å²) in [5.74, 6) is -0.288. The highest BCUT2D eigenvalue weighted by atomic mass is 16.5. The van der Waals surface area contributed by atoms with Gasteiger partial charge in [-0.15, -0.1) is 0 Å². The highest BCUT2D eigenvalue weighted by molar-refractivity contribution is 5.78. The Hall–Kier alpha value is -2.05. The second-order valence-corrected chi connectivity index (χ2v) is 4.81. The van der Waals surface area contributed by atoms with Crippen LogP contribution in [-0.4, -0.2) is 28.8 Å². The Bertz CT molecular complexity index is 438. The molecule has 1 aromatic heterocycles. The minimum Gasteiger partial charge on any atom is -0.481 e. The number of carbonyl (C=O) groups is 2. The Labute approximate surface area is 110 Å².